The molecule has 6 nitrogen and oxygen atoms in total. The summed E-state index contributed by atoms with van der Waals surface area (Å²) >= 11 is 0. The van der Waals surface area contributed by atoms with Gasteiger partial charge in [0, 0.05) is 71.3 Å². The van der Waals surface area contributed by atoms with Crippen molar-refractivity contribution in [3.05, 3.63) is 116 Å². The highest BCUT2D eigenvalue weighted by Gasteiger charge is 2.44. The molecule has 4 aromatic rings. The zero-order valence-electron chi connectivity index (χ0n) is 19.4. The molecule has 0 N–H and O–H groups in total. The van der Waals surface area contributed by atoms with E-state index >= 15 is 0 Å². The van der Waals surface area contributed by atoms with Crippen molar-refractivity contribution in [2.24, 2.45) is 0 Å². The van der Waals surface area contributed by atoms with E-state index in [1.54, 1.807) is 37.2 Å². The van der Waals surface area contributed by atoms with E-state index in [0.717, 1.165) is 33.4 Å². The van der Waals surface area contributed by atoms with Crippen LogP contribution in [-0.4, -0.2) is 31.5 Å². The Morgan fingerprint density at radius 1 is 0.588 bits per heavy atom. The lowest BCUT2D eigenvalue weighted by molar-refractivity contribution is 0.101. The predicted octanol–water partition coefficient (Wildman–Crippen LogP) is 4.55. The number of ketones is 2. The largest absolute Gasteiger partial charge is 0.289 e. The lowest BCUT2D eigenvalue weighted by Gasteiger charge is -2.36. The van der Waals surface area contributed by atoms with Gasteiger partial charge >= 0.3 is 0 Å². The SMILES string of the molecule is Cc1cnc2c(c1)C(=O)c1c(C)cncc1C2C1c2cncc(C)c2C(=O)c2cc(C)cnc21. The number of fused-ring (bicyclic) bond motifs is 4. The molecule has 0 bridgehead atoms. The van der Waals surface area contributed by atoms with E-state index in [4.69, 9.17) is 9.97 Å². The average Bonchev–Trinajstić information content (AvgIpc) is 2.81. The summed E-state index contributed by atoms with van der Waals surface area (Å²) in [5.41, 5.74) is 9.02. The first-order valence-corrected chi connectivity index (χ1v) is 11.3. The number of aromatic nitrogens is 4. The van der Waals surface area contributed by atoms with Crippen LogP contribution in [0.3, 0.4) is 0 Å². The van der Waals surface area contributed by atoms with Crippen LogP contribution in [-0.2, 0) is 0 Å². The number of aryl methyl sites for hydroxylation is 4. The first-order chi connectivity index (χ1) is 16.4. The summed E-state index contributed by atoms with van der Waals surface area (Å²) in [5.74, 6) is -0.743. The van der Waals surface area contributed by atoms with Crippen molar-refractivity contribution >= 4 is 11.6 Å². The van der Waals surface area contributed by atoms with E-state index < -0.39 is 0 Å². The molecule has 0 radical (unpaired) electrons. The highest BCUT2D eigenvalue weighted by molar-refractivity contribution is 6.15. The van der Waals surface area contributed by atoms with E-state index in [0.29, 0.717) is 33.6 Å². The molecular weight excluding hydrogens is 424 g/mol. The van der Waals surface area contributed by atoms with Gasteiger partial charge in [-0.3, -0.25) is 29.5 Å². The molecule has 6 rings (SSSR count). The predicted molar refractivity (Wildman–Crippen MR) is 126 cm³/mol. The molecule has 6 heteroatoms. The molecule has 2 atom stereocenters. The molecule has 0 spiro atoms. The Morgan fingerprint density at radius 2 is 1.00 bits per heavy atom. The molecule has 2 aliphatic carbocycles. The summed E-state index contributed by atoms with van der Waals surface area (Å²) in [6.45, 7) is 7.70. The van der Waals surface area contributed by atoms with Gasteiger partial charge in [-0.05, 0) is 73.2 Å². The second kappa shape index (κ2) is 7.22. The normalized spacial score (nSPS) is 18.1. The molecule has 2 aliphatic rings. The molecule has 0 aromatic carbocycles. The quantitative estimate of drug-likeness (QED) is 0.426. The standard InChI is InChI=1S/C28H22N4O2/c1-13-5-17-25(31-7-13)23(19-11-29-9-15(3)21(19)27(17)33)24-20-12-30-10-16(4)22(20)28(34)18-6-14(2)8-32-26(18)24/h5-12,23-24H,1-4H3. The number of pyridine rings is 4. The molecule has 4 heterocycles. The molecule has 2 unspecified atom stereocenters. The molecule has 0 aliphatic heterocycles. The van der Waals surface area contributed by atoms with Gasteiger partial charge in [0.15, 0.2) is 11.6 Å². The lowest BCUT2D eigenvalue weighted by atomic mass is 9.66. The minimum absolute atomic E-state index is 0.0380. The smallest absolute Gasteiger partial charge is 0.195 e. The number of carbonyl (C=O) groups excluding carboxylic acids is 2. The van der Waals surface area contributed by atoms with Crippen molar-refractivity contribution in [1.82, 2.24) is 19.9 Å². The van der Waals surface area contributed by atoms with Crippen LogP contribution in [0.5, 0.6) is 0 Å². The van der Waals surface area contributed by atoms with Gasteiger partial charge in [0.2, 0.25) is 0 Å². The molecule has 0 amide bonds. The zero-order valence-corrected chi connectivity index (χ0v) is 19.4. The van der Waals surface area contributed by atoms with Crippen LogP contribution < -0.4 is 0 Å². The number of hydrogen-bond donors (Lipinski definition) is 0. The fraction of sp³-hybridized carbons (Fsp3) is 0.214. The third-order valence-corrected chi connectivity index (χ3v) is 6.98. The highest BCUT2D eigenvalue weighted by atomic mass is 16.1. The second-order valence-electron chi connectivity index (χ2n) is 9.35. The number of nitrogens with zero attached hydrogens (tertiary/aromatic N) is 4. The monoisotopic (exact) mass is 446 g/mol. The van der Waals surface area contributed by atoms with Crippen molar-refractivity contribution in [3.8, 4) is 0 Å². The molecule has 34 heavy (non-hydrogen) atoms. The van der Waals surface area contributed by atoms with Gasteiger partial charge in [-0.15, -0.1) is 0 Å². The Balaban J connectivity index is 1.73. The van der Waals surface area contributed by atoms with E-state index in [-0.39, 0.29) is 23.4 Å². The molecule has 4 aromatic heterocycles. The van der Waals surface area contributed by atoms with E-state index in [2.05, 4.69) is 9.97 Å². The van der Waals surface area contributed by atoms with E-state index in [1.165, 1.54) is 0 Å². The maximum atomic E-state index is 13.6. The first-order valence-electron chi connectivity index (χ1n) is 11.3. The van der Waals surface area contributed by atoms with Crippen molar-refractivity contribution in [2.45, 2.75) is 39.5 Å². The Labute approximate surface area is 197 Å². The summed E-state index contributed by atoms with van der Waals surface area (Å²) in [6.07, 6.45) is 10.6. The van der Waals surface area contributed by atoms with Gasteiger partial charge in [-0.25, -0.2) is 0 Å². The third kappa shape index (κ3) is 2.75. The maximum absolute atomic E-state index is 13.6. The summed E-state index contributed by atoms with van der Waals surface area (Å²) in [4.78, 5) is 45.6. The van der Waals surface area contributed by atoms with E-state index in [9.17, 15) is 9.59 Å². The van der Waals surface area contributed by atoms with Crippen molar-refractivity contribution < 1.29 is 9.59 Å². The van der Waals surface area contributed by atoms with Crippen LogP contribution in [0.2, 0.25) is 0 Å². The summed E-state index contributed by atoms with van der Waals surface area (Å²) in [5, 5.41) is 0. The minimum atomic E-state index is -0.333. The van der Waals surface area contributed by atoms with Gasteiger partial charge in [0.25, 0.3) is 0 Å². The fourth-order valence-electron chi connectivity index (χ4n) is 5.52. The third-order valence-electron chi connectivity index (χ3n) is 6.98. The Morgan fingerprint density at radius 3 is 1.41 bits per heavy atom. The van der Waals surface area contributed by atoms with Crippen molar-refractivity contribution in [1.29, 1.82) is 0 Å². The van der Waals surface area contributed by atoms with Crippen LogP contribution in [0.1, 0.15) is 88.4 Å². The molecule has 0 saturated heterocycles. The number of hydrogen-bond acceptors (Lipinski definition) is 6. The summed E-state index contributed by atoms with van der Waals surface area (Å²) < 4.78 is 0. The Hall–Kier alpha value is -4.06. The highest BCUT2D eigenvalue weighted by Crippen LogP contribution is 2.50. The fourth-order valence-corrected chi connectivity index (χ4v) is 5.52. The topological polar surface area (TPSA) is 85.7 Å². The number of rotatable bonds is 1. The molecule has 0 saturated carbocycles. The lowest BCUT2D eigenvalue weighted by Crippen LogP contribution is -2.32. The van der Waals surface area contributed by atoms with Gasteiger partial charge < -0.3 is 0 Å². The Bertz CT molecular complexity index is 1440. The molecular formula is C28H22N4O2. The summed E-state index contributed by atoms with van der Waals surface area (Å²) in [6, 6.07) is 3.82. The van der Waals surface area contributed by atoms with Gasteiger partial charge in [0.05, 0.1) is 11.4 Å². The molecule has 0 fully saturated rings. The minimum Gasteiger partial charge on any atom is -0.289 e. The van der Waals surface area contributed by atoms with Crippen molar-refractivity contribution in [3.63, 3.8) is 0 Å². The van der Waals surface area contributed by atoms with Crippen LogP contribution in [0.4, 0.5) is 0 Å². The van der Waals surface area contributed by atoms with Gasteiger partial charge in [-0.1, -0.05) is 0 Å². The Kier molecular flexibility index (Phi) is 4.36. The van der Waals surface area contributed by atoms with Crippen LogP contribution in [0.15, 0.2) is 49.3 Å². The van der Waals surface area contributed by atoms with E-state index in [1.807, 2.05) is 39.8 Å². The van der Waals surface area contributed by atoms with Crippen molar-refractivity contribution in [2.75, 3.05) is 0 Å². The number of carbonyl (C=O) groups is 2. The van der Waals surface area contributed by atoms with Crippen LogP contribution >= 0.6 is 0 Å². The molecule has 166 valence electrons. The van der Waals surface area contributed by atoms with Crippen LogP contribution in [0.25, 0.3) is 0 Å². The van der Waals surface area contributed by atoms with Crippen LogP contribution in [0, 0.1) is 27.7 Å². The first kappa shape index (κ1) is 20.5. The second-order valence-corrected chi connectivity index (χ2v) is 9.35. The average molecular weight is 447 g/mol. The van der Waals surface area contributed by atoms with Gasteiger partial charge in [-0.2, -0.15) is 0 Å². The zero-order chi connectivity index (χ0) is 23.7. The van der Waals surface area contributed by atoms with Gasteiger partial charge in [0.1, 0.15) is 0 Å². The summed E-state index contributed by atoms with van der Waals surface area (Å²) in [7, 11) is 0. The maximum Gasteiger partial charge on any atom is 0.195 e.